The first kappa shape index (κ1) is 15.8. The average Bonchev–Trinajstić information content (AvgIpc) is 2.33. The third kappa shape index (κ3) is 5.92. The van der Waals surface area contributed by atoms with Crippen LogP contribution in [-0.4, -0.2) is 43.7 Å². The van der Waals surface area contributed by atoms with E-state index in [-0.39, 0.29) is 5.41 Å². The van der Waals surface area contributed by atoms with Crippen molar-refractivity contribution in [1.29, 1.82) is 0 Å². The Hall–Kier alpha value is -1.29. The normalized spacial score (nSPS) is 11.7. The fourth-order valence-corrected chi connectivity index (χ4v) is 2.09. The fraction of sp³-hybridized carbons (Fsp3) is 0.667. The molecular formula is C15H27N3O. The molecule has 0 aliphatic carbocycles. The molecule has 0 saturated heterocycles. The van der Waals surface area contributed by atoms with Crippen molar-refractivity contribution in [3.63, 3.8) is 0 Å². The van der Waals surface area contributed by atoms with E-state index in [0.29, 0.717) is 0 Å². The molecule has 108 valence electrons. The Morgan fingerprint density at radius 1 is 1.37 bits per heavy atom. The van der Waals surface area contributed by atoms with Crippen molar-refractivity contribution >= 4 is 5.82 Å². The lowest BCUT2D eigenvalue weighted by Crippen LogP contribution is -2.34. The molecule has 0 aliphatic rings. The molecule has 1 aromatic rings. The van der Waals surface area contributed by atoms with Gasteiger partial charge in [-0.3, -0.25) is 0 Å². The second kappa shape index (κ2) is 7.34. The van der Waals surface area contributed by atoms with Crippen LogP contribution in [0, 0.1) is 5.41 Å². The molecule has 1 aromatic heterocycles. The van der Waals surface area contributed by atoms with Crippen LogP contribution in [0.15, 0.2) is 18.3 Å². The van der Waals surface area contributed by atoms with Gasteiger partial charge in [0.25, 0.3) is 0 Å². The van der Waals surface area contributed by atoms with Gasteiger partial charge in [0.15, 0.2) is 11.6 Å². The Morgan fingerprint density at radius 2 is 2.11 bits per heavy atom. The zero-order valence-corrected chi connectivity index (χ0v) is 12.9. The molecule has 1 heterocycles. The van der Waals surface area contributed by atoms with Crippen molar-refractivity contribution in [2.45, 2.75) is 27.2 Å². The summed E-state index contributed by atoms with van der Waals surface area (Å²) in [6.45, 7) is 9.21. The molecule has 1 N–H and O–H groups in total. The standard InChI is InChI=1S/C15H27N3O/c1-6-10-19-13-8-7-9-16-14(13)17-11-15(2,3)12-18(4)5/h7-9H,6,10-12H2,1-5H3,(H,16,17). The number of ether oxygens (including phenoxy) is 1. The molecule has 0 aromatic carbocycles. The number of aromatic nitrogens is 1. The molecular weight excluding hydrogens is 238 g/mol. The van der Waals surface area contributed by atoms with Crippen LogP contribution >= 0.6 is 0 Å². The van der Waals surface area contributed by atoms with Gasteiger partial charge >= 0.3 is 0 Å². The summed E-state index contributed by atoms with van der Waals surface area (Å²) in [4.78, 5) is 6.57. The Kier molecular flexibility index (Phi) is 6.09. The molecule has 1 rings (SSSR count). The predicted molar refractivity (Wildman–Crippen MR) is 80.8 cm³/mol. The molecule has 4 heteroatoms. The summed E-state index contributed by atoms with van der Waals surface area (Å²) in [6, 6.07) is 3.87. The van der Waals surface area contributed by atoms with E-state index < -0.39 is 0 Å². The van der Waals surface area contributed by atoms with E-state index in [2.05, 4.69) is 50.1 Å². The van der Waals surface area contributed by atoms with Gasteiger partial charge in [-0.15, -0.1) is 0 Å². The maximum absolute atomic E-state index is 5.70. The van der Waals surface area contributed by atoms with Crippen LogP contribution < -0.4 is 10.1 Å². The first-order chi connectivity index (χ1) is 8.94. The van der Waals surface area contributed by atoms with Crippen molar-refractivity contribution in [3.05, 3.63) is 18.3 Å². The topological polar surface area (TPSA) is 37.4 Å². The van der Waals surface area contributed by atoms with Gasteiger partial charge in [0.2, 0.25) is 0 Å². The summed E-state index contributed by atoms with van der Waals surface area (Å²) in [5.41, 5.74) is 0.184. The molecule has 0 fully saturated rings. The van der Waals surface area contributed by atoms with E-state index in [4.69, 9.17) is 4.74 Å². The van der Waals surface area contributed by atoms with Crippen LogP contribution in [0.5, 0.6) is 5.75 Å². The Balaban J connectivity index is 2.61. The SMILES string of the molecule is CCCOc1cccnc1NCC(C)(C)CN(C)C. The number of rotatable bonds is 8. The van der Waals surface area contributed by atoms with Gasteiger partial charge in [-0.25, -0.2) is 4.98 Å². The highest BCUT2D eigenvalue weighted by atomic mass is 16.5. The molecule has 0 spiro atoms. The van der Waals surface area contributed by atoms with Crippen LogP contribution in [-0.2, 0) is 0 Å². The van der Waals surface area contributed by atoms with Crippen LogP contribution in [0.25, 0.3) is 0 Å². The van der Waals surface area contributed by atoms with E-state index in [1.54, 1.807) is 6.20 Å². The summed E-state index contributed by atoms with van der Waals surface area (Å²) in [5.74, 6) is 1.67. The summed E-state index contributed by atoms with van der Waals surface area (Å²) < 4.78 is 5.70. The van der Waals surface area contributed by atoms with Gasteiger partial charge in [-0.2, -0.15) is 0 Å². The zero-order valence-electron chi connectivity index (χ0n) is 12.9. The molecule has 19 heavy (non-hydrogen) atoms. The van der Waals surface area contributed by atoms with Crippen molar-refractivity contribution in [1.82, 2.24) is 9.88 Å². The maximum Gasteiger partial charge on any atom is 0.168 e. The van der Waals surface area contributed by atoms with Gasteiger partial charge in [0, 0.05) is 19.3 Å². The first-order valence-corrected chi connectivity index (χ1v) is 6.91. The number of hydrogen-bond acceptors (Lipinski definition) is 4. The molecule has 0 atom stereocenters. The van der Waals surface area contributed by atoms with E-state index in [1.807, 2.05) is 12.1 Å². The number of pyridine rings is 1. The van der Waals surface area contributed by atoms with Gasteiger partial charge in [-0.1, -0.05) is 20.8 Å². The van der Waals surface area contributed by atoms with Crippen molar-refractivity contribution < 1.29 is 4.74 Å². The summed E-state index contributed by atoms with van der Waals surface area (Å²) in [6.07, 6.45) is 2.79. The predicted octanol–water partition coefficient (Wildman–Crippen LogP) is 2.87. The van der Waals surface area contributed by atoms with Crippen molar-refractivity contribution in [2.24, 2.45) is 5.41 Å². The van der Waals surface area contributed by atoms with Crippen LogP contribution in [0.3, 0.4) is 0 Å². The van der Waals surface area contributed by atoms with Crippen LogP contribution in [0.1, 0.15) is 27.2 Å². The zero-order chi connectivity index (χ0) is 14.3. The minimum absolute atomic E-state index is 0.184. The number of nitrogens with one attached hydrogen (secondary N) is 1. The second-order valence-corrected chi connectivity index (χ2v) is 5.95. The number of hydrogen-bond donors (Lipinski definition) is 1. The van der Waals surface area contributed by atoms with Crippen LogP contribution in [0.4, 0.5) is 5.82 Å². The molecule has 0 saturated carbocycles. The summed E-state index contributed by atoms with van der Waals surface area (Å²) in [7, 11) is 4.19. The highest BCUT2D eigenvalue weighted by Gasteiger charge is 2.19. The number of anilines is 1. The van der Waals surface area contributed by atoms with E-state index in [9.17, 15) is 0 Å². The average molecular weight is 265 g/mol. The lowest BCUT2D eigenvalue weighted by Gasteiger charge is -2.28. The lowest BCUT2D eigenvalue weighted by atomic mass is 9.93. The minimum atomic E-state index is 0.184. The van der Waals surface area contributed by atoms with Gasteiger partial charge in [0.05, 0.1) is 6.61 Å². The number of nitrogens with zero attached hydrogens (tertiary/aromatic N) is 2. The molecule has 0 unspecified atom stereocenters. The highest BCUT2D eigenvalue weighted by molar-refractivity contribution is 5.49. The Labute approximate surface area is 117 Å². The third-order valence-corrected chi connectivity index (χ3v) is 2.71. The molecule has 4 nitrogen and oxygen atoms in total. The summed E-state index contributed by atoms with van der Waals surface area (Å²) >= 11 is 0. The third-order valence-electron chi connectivity index (χ3n) is 2.71. The fourth-order valence-electron chi connectivity index (χ4n) is 2.09. The van der Waals surface area contributed by atoms with Crippen LogP contribution in [0.2, 0.25) is 0 Å². The lowest BCUT2D eigenvalue weighted by molar-refractivity contribution is 0.253. The molecule has 0 radical (unpaired) electrons. The summed E-state index contributed by atoms with van der Waals surface area (Å²) in [5, 5.41) is 3.41. The van der Waals surface area contributed by atoms with E-state index in [1.165, 1.54) is 0 Å². The van der Waals surface area contributed by atoms with E-state index >= 15 is 0 Å². The van der Waals surface area contributed by atoms with Gasteiger partial charge in [0.1, 0.15) is 0 Å². The Morgan fingerprint density at radius 3 is 2.74 bits per heavy atom. The van der Waals surface area contributed by atoms with Crippen molar-refractivity contribution in [2.75, 3.05) is 39.1 Å². The van der Waals surface area contributed by atoms with Gasteiger partial charge in [-0.05, 0) is 38.1 Å². The monoisotopic (exact) mass is 265 g/mol. The highest BCUT2D eigenvalue weighted by Crippen LogP contribution is 2.23. The van der Waals surface area contributed by atoms with Crippen molar-refractivity contribution in [3.8, 4) is 5.75 Å². The smallest absolute Gasteiger partial charge is 0.168 e. The largest absolute Gasteiger partial charge is 0.490 e. The van der Waals surface area contributed by atoms with Gasteiger partial charge < -0.3 is 15.0 Å². The van der Waals surface area contributed by atoms with E-state index in [0.717, 1.165) is 37.7 Å². The second-order valence-electron chi connectivity index (χ2n) is 5.95. The molecule has 0 aliphatic heterocycles. The Bertz CT molecular complexity index is 377. The maximum atomic E-state index is 5.70. The first-order valence-electron chi connectivity index (χ1n) is 6.91. The molecule has 0 amide bonds. The quantitative estimate of drug-likeness (QED) is 0.784. The minimum Gasteiger partial charge on any atom is -0.490 e. The molecule has 0 bridgehead atoms.